The number of thiol groups is 1. The Labute approximate surface area is 77.4 Å². The molecule has 0 aliphatic rings. The molecule has 12 heavy (non-hydrogen) atoms. The molecule has 0 bridgehead atoms. The molecule has 0 aliphatic carbocycles. The first-order valence-electron chi connectivity index (χ1n) is 3.33. The SMILES string of the molecule is O=c1[nH]c2cccc(SS)c2[nH]1. The van der Waals surface area contributed by atoms with Gasteiger partial charge in [-0.15, -0.1) is 11.7 Å². The van der Waals surface area contributed by atoms with Crippen LogP contribution in [-0.2, 0) is 0 Å². The highest BCUT2D eigenvalue weighted by atomic mass is 33.1. The van der Waals surface area contributed by atoms with E-state index in [0.29, 0.717) is 0 Å². The maximum atomic E-state index is 10.9. The summed E-state index contributed by atoms with van der Waals surface area (Å²) in [5.74, 6) is 0. The van der Waals surface area contributed by atoms with Gasteiger partial charge < -0.3 is 9.97 Å². The van der Waals surface area contributed by atoms with Crippen LogP contribution in [0.25, 0.3) is 11.0 Å². The third kappa shape index (κ3) is 1.15. The Bertz CT molecular complexity index is 460. The molecule has 0 spiro atoms. The number of H-pyrrole nitrogens is 2. The Kier molecular flexibility index (Phi) is 1.90. The molecule has 2 N–H and O–H groups in total. The molecule has 1 heterocycles. The summed E-state index contributed by atoms with van der Waals surface area (Å²) in [5.41, 5.74) is 1.46. The van der Waals surface area contributed by atoms with E-state index in [1.54, 1.807) is 0 Å². The molecule has 62 valence electrons. The normalized spacial score (nSPS) is 10.8. The van der Waals surface area contributed by atoms with E-state index in [4.69, 9.17) is 0 Å². The molecule has 0 amide bonds. The van der Waals surface area contributed by atoms with Crippen molar-refractivity contribution in [3.8, 4) is 0 Å². The van der Waals surface area contributed by atoms with Crippen LogP contribution in [0, 0.1) is 0 Å². The predicted molar refractivity (Wildman–Crippen MR) is 53.8 cm³/mol. The molecule has 0 aliphatic heterocycles. The number of aromatic amines is 2. The van der Waals surface area contributed by atoms with Gasteiger partial charge in [-0.3, -0.25) is 0 Å². The van der Waals surface area contributed by atoms with Crippen molar-refractivity contribution in [2.24, 2.45) is 0 Å². The summed E-state index contributed by atoms with van der Waals surface area (Å²) in [6, 6.07) is 5.63. The van der Waals surface area contributed by atoms with Crippen LogP contribution in [-0.4, -0.2) is 9.97 Å². The fourth-order valence-corrected chi connectivity index (χ4v) is 1.96. The molecule has 3 nitrogen and oxygen atoms in total. The topological polar surface area (TPSA) is 48.6 Å². The van der Waals surface area contributed by atoms with Gasteiger partial charge in [-0.05, 0) is 12.1 Å². The highest BCUT2D eigenvalue weighted by Gasteiger charge is 2.01. The number of benzene rings is 1. The van der Waals surface area contributed by atoms with E-state index in [-0.39, 0.29) is 5.69 Å². The second kappa shape index (κ2) is 2.91. The van der Waals surface area contributed by atoms with Crippen molar-refractivity contribution in [2.75, 3.05) is 0 Å². The van der Waals surface area contributed by atoms with Crippen LogP contribution < -0.4 is 5.69 Å². The lowest BCUT2D eigenvalue weighted by atomic mass is 10.3. The standard InChI is InChI=1S/C7H6N2OS2/c10-7-8-4-2-1-3-5(12-11)6(4)9-7/h1-3,11H,(H2,8,9,10). The van der Waals surface area contributed by atoms with E-state index in [1.165, 1.54) is 10.8 Å². The van der Waals surface area contributed by atoms with Crippen LogP contribution in [0.15, 0.2) is 27.9 Å². The fourth-order valence-electron chi connectivity index (χ4n) is 1.11. The van der Waals surface area contributed by atoms with E-state index in [1.807, 2.05) is 18.2 Å². The van der Waals surface area contributed by atoms with Gasteiger partial charge in [0.15, 0.2) is 0 Å². The molecular weight excluding hydrogens is 192 g/mol. The molecule has 0 fully saturated rings. The average Bonchev–Trinajstić information content (AvgIpc) is 2.44. The van der Waals surface area contributed by atoms with Gasteiger partial charge >= 0.3 is 5.69 Å². The number of fused-ring (bicyclic) bond motifs is 1. The van der Waals surface area contributed by atoms with E-state index < -0.39 is 0 Å². The van der Waals surface area contributed by atoms with Crippen LogP contribution in [0.2, 0.25) is 0 Å². The minimum absolute atomic E-state index is 0.181. The first kappa shape index (κ1) is 7.82. The van der Waals surface area contributed by atoms with Crippen LogP contribution in [0.4, 0.5) is 0 Å². The number of para-hydroxylation sites is 1. The number of rotatable bonds is 1. The third-order valence-electron chi connectivity index (χ3n) is 1.61. The van der Waals surface area contributed by atoms with Gasteiger partial charge in [-0.1, -0.05) is 16.9 Å². The van der Waals surface area contributed by atoms with Crippen LogP contribution in [0.5, 0.6) is 0 Å². The molecule has 1 aromatic carbocycles. The fraction of sp³-hybridized carbons (Fsp3) is 0. The van der Waals surface area contributed by atoms with Gasteiger partial charge in [0.1, 0.15) is 0 Å². The van der Waals surface area contributed by atoms with Crippen LogP contribution >= 0.6 is 22.5 Å². The highest BCUT2D eigenvalue weighted by molar-refractivity contribution is 8.68. The molecule has 0 unspecified atom stereocenters. The van der Waals surface area contributed by atoms with Crippen molar-refractivity contribution in [1.82, 2.24) is 9.97 Å². The second-order valence-electron chi connectivity index (χ2n) is 2.35. The number of aromatic nitrogens is 2. The van der Waals surface area contributed by atoms with Gasteiger partial charge in [-0.25, -0.2) is 4.79 Å². The average molecular weight is 198 g/mol. The summed E-state index contributed by atoms with van der Waals surface area (Å²) in [6.07, 6.45) is 0. The summed E-state index contributed by atoms with van der Waals surface area (Å²) in [4.78, 5) is 17.2. The Morgan fingerprint density at radius 1 is 1.33 bits per heavy atom. The van der Waals surface area contributed by atoms with E-state index >= 15 is 0 Å². The molecular formula is C7H6N2OS2. The first-order chi connectivity index (χ1) is 5.81. The first-order valence-corrected chi connectivity index (χ1v) is 5.20. The smallest absolute Gasteiger partial charge is 0.306 e. The number of nitrogens with one attached hydrogen (secondary N) is 2. The molecule has 2 rings (SSSR count). The maximum absolute atomic E-state index is 10.9. The van der Waals surface area contributed by atoms with Gasteiger partial charge in [0.25, 0.3) is 0 Å². The maximum Gasteiger partial charge on any atom is 0.323 e. The number of hydrogen-bond acceptors (Lipinski definition) is 3. The lowest BCUT2D eigenvalue weighted by molar-refractivity contribution is 1.21. The zero-order valence-electron chi connectivity index (χ0n) is 6.00. The molecule has 1 aromatic heterocycles. The highest BCUT2D eigenvalue weighted by Crippen LogP contribution is 2.26. The molecule has 0 atom stereocenters. The van der Waals surface area contributed by atoms with Gasteiger partial charge in [0, 0.05) is 4.90 Å². The van der Waals surface area contributed by atoms with E-state index in [2.05, 4.69) is 21.6 Å². The van der Waals surface area contributed by atoms with Crippen molar-refractivity contribution >= 4 is 33.5 Å². The minimum atomic E-state index is -0.181. The number of imidazole rings is 1. The largest absolute Gasteiger partial charge is 0.323 e. The summed E-state index contributed by atoms with van der Waals surface area (Å²) >= 11 is 4.08. The Hall–Kier alpha value is -0.810. The molecule has 0 saturated heterocycles. The van der Waals surface area contributed by atoms with Crippen molar-refractivity contribution in [2.45, 2.75) is 4.90 Å². The molecule has 0 saturated carbocycles. The summed E-state index contributed by atoms with van der Waals surface area (Å²) < 4.78 is 0. The zero-order valence-corrected chi connectivity index (χ0v) is 7.71. The Morgan fingerprint density at radius 3 is 2.92 bits per heavy atom. The molecule has 5 heteroatoms. The van der Waals surface area contributed by atoms with Gasteiger partial charge in [0.2, 0.25) is 0 Å². The lowest BCUT2D eigenvalue weighted by Gasteiger charge is -1.94. The summed E-state index contributed by atoms with van der Waals surface area (Å²) in [6.45, 7) is 0. The van der Waals surface area contributed by atoms with Crippen molar-refractivity contribution in [3.05, 3.63) is 28.7 Å². The van der Waals surface area contributed by atoms with Crippen molar-refractivity contribution in [1.29, 1.82) is 0 Å². The number of hydrogen-bond donors (Lipinski definition) is 3. The van der Waals surface area contributed by atoms with Crippen molar-refractivity contribution < 1.29 is 0 Å². The minimum Gasteiger partial charge on any atom is -0.306 e. The quantitative estimate of drug-likeness (QED) is 0.483. The Morgan fingerprint density at radius 2 is 2.17 bits per heavy atom. The Balaban J connectivity index is 2.87. The van der Waals surface area contributed by atoms with E-state index in [0.717, 1.165) is 15.9 Å². The lowest BCUT2D eigenvalue weighted by Crippen LogP contribution is -1.99. The summed E-state index contributed by atoms with van der Waals surface area (Å²) in [5, 5.41) is 0. The van der Waals surface area contributed by atoms with Crippen LogP contribution in [0.3, 0.4) is 0 Å². The van der Waals surface area contributed by atoms with Gasteiger partial charge in [0.05, 0.1) is 11.0 Å². The molecule has 2 aromatic rings. The summed E-state index contributed by atoms with van der Waals surface area (Å²) in [7, 11) is 1.32. The second-order valence-corrected chi connectivity index (χ2v) is 3.52. The van der Waals surface area contributed by atoms with Gasteiger partial charge in [-0.2, -0.15) is 0 Å². The monoisotopic (exact) mass is 198 g/mol. The predicted octanol–water partition coefficient (Wildman–Crippen LogP) is 1.79. The van der Waals surface area contributed by atoms with Crippen LogP contribution in [0.1, 0.15) is 0 Å². The third-order valence-corrected chi connectivity index (χ3v) is 2.74. The zero-order chi connectivity index (χ0) is 8.55. The van der Waals surface area contributed by atoms with E-state index in [9.17, 15) is 4.79 Å². The molecule has 0 radical (unpaired) electrons. The van der Waals surface area contributed by atoms with Crippen molar-refractivity contribution in [3.63, 3.8) is 0 Å².